The molecule has 2 aromatic rings. The molecule has 2 aromatic carbocycles. The van der Waals surface area contributed by atoms with E-state index in [9.17, 15) is 35.8 Å². The number of hydroxylamine groups is 2. The van der Waals surface area contributed by atoms with E-state index in [0.717, 1.165) is 46.7 Å². The zero-order valence-corrected chi connectivity index (χ0v) is 32.9. The first-order valence-corrected chi connectivity index (χ1v) is 21.3. The van der Waals surface area contributed by atoms with Crippen molar-refractivity contribution in [2.75, 3.05) is 31.6 Å². The molecule has 2 saturated heterocycles. The summed E-state index contributed by atoms with van der Waals surface area (Å²) in [6, 6.07) is 9.70. The third-order valence-corrected chi connectivity index (χ3v) is 13.6. The molecule has 0 aliphatic carbocycles. The van der Waals surface area contributed by atoms with E-state index >= 15 is 0 Å². The predicted octanol–water partition coefficient (Wildman–Crippen LogP) is 5.94. The van der Waals surface area contributed by atoms with Crippen molar-refractivity contribution in [3.8, 4) is 0 Å². The van der Waals surface area contributed by atoms with Gasteiger partial charge in [0, 0.05) is 67.6 Å². The fraction of sp³-hybridized carbons (Fsp3) is 0.459. The Kier molecular flexibility index (Phi) is 12.7. The summed E-state index contributed by atoms with van der Waals surface area (Å²) in [5, 5.41) is 1.19. The van der Waals surface area contributed by atoms with Crippen LogP contribution in [0.15, 0.2) is 80.0 Å². The van der Waals surface area contributed by atoms with Crippen molar-refractivity contribution >= 4 is 60.4 Å². The lowest BCUT2D eigenvalue weighted by Crippen LogP contribution is -2.35. The molecule has 0 bridgehead atoms. The molecular weight excluding hydrogens is 741 g/mol. The quantitative estimate of drug-likeness (QED) is 0.0636. The number of hydrogen-bond acceptors (Lipinski definition) is 11. The van der Waals surface area contributed by atoms with Gasteiger partial charge in [-0.15, -0.1) is 5.06 Å². The number of unbranched alkanes of at least 4 members (excludes halogenated alkanes) is 2. The van der Waals surface area contributed by atoms with Crippen molar-refractivity contribution in [1.82, 2.24) is 9.37 Å². The van der Waals surface area contributed by atoms with E-state index in [0.29, 0.717) is 49.0 Å². The van der Waals surface area contributed by atoms with Crippen LogP contribution in [0.1, 0.15) is 82.8 Å². The van der Waals surface area contributed by atoms with Gasteiger partial charge in [0.1, 0.15) is 0 Å². The Hall–Kier alpha value is -3.83. The van der Waals surface area contributed by atoms with Crippen molar-refractivity contribution in [2.24, 2.45) is 4.99 Å². The van der Waals surface area contributed by atoms with Crippen LogP contribution in [0.2, 0.25) is 0 Å². The van der Waals surface area contributed by atoms with Crippen LogP contribution in [0.4, 0.5) is 5.69 Å². The standard InChI is InChI=1S/C37H46N4O9S3/c1-26-15-16-27(52(45,46)39-21-8-6-9-22-39)25-31(26)51-33(38-4)13-11-12-32-37(2,3)29-24-28(53(47,48)49)17-18-30(29)40(32)23-10-5-7-14-36(44)50-41-34(42)19-20-35(41)43/h11-13,15-18,24-25H,5-10,14,19-23H2,1-4H3,(H,47,48,49)/b13-11+,32-12+,38-33+. The summed E-state index contributed by atoms with van der Waals surface area (Å²) in [5.41, 5.74) is 2.63. The van der Waals surface area contributed by atoms with Crippen molar-refractivity contribution in [3.05, 3.63) is 71.5 Å². The maximum atomic E-state index is 13.4. The van der Waals surface area contributed by atoms with E-state index in [1.807, 2.05) is 45.1 Å². The van der Waals surface area contributed by atoms with Crippen LogP contribution in [0.5, 0.6) is 0 Å². The van der Waals surface area contributed by atoms with E-state index in [4.69, 9.17) is 4.84 Å². The summed E-state index contributed by atoms with van der Waals surface area (Å²) < 4.78 is 62.2. The summed E-state index contributed by atoms with van der Waals surface area (Å²) >= 11 is 1.36. The highest BCUT2D eigenvalue weighted by Crippen LogP contribution is 2.48. The number of allylic oxidation sites excluding steroid dienone is 3. The SMILES string of the molecule is C\N=C(/C=C/C=C1/N(CCCCCC(=O)ON2C(=O)CCC2=O)c2ccc(S(=O)(=O)O)cc2C1(C)C)Sc1cc(S(=O)(=O)N2CCCCC2)ccc1C. The lowest BCUT2D eigenvalue weighted by atomic mass is 9.83. The van der Waals surface area contributed by atoms with Gasteiger partial charge in [-0.05, 0) is 86.2 Å². The maximum absolute atomic E-state index is 13.4. The zero-order valence-electron chi connectivity index (χ0n) is 30.4. The van der Waals surface area contributed by atoms with Crippen LogP contribution < -0.4 is 4.90 Å². The van der Waals surface area contributed by atoms with Gasteiger partial charge in [0.2, 0.25) is 10.0 Å². The third-order valence-electron chi connectivity index (χ3n) is 9.66. The second-order valence-electron chi connectivity index (χ2n) is 13.8. The molecule has 0 radical (unpaired) electrons. The summed E-state index contributed by atoms with van der Waals surface area (Å²) in [6.07, 6.45) is 10.2. The molecular formula is C37H46N4O9S3. The van der Waals surface area contributed by atoms with Gasteiger partial charge in [0.15, 0.2) is 0 Å². The number of benzene rings is 2. The number of aliphatic imine (C=N–C) groups is 1. The van der Waals surface area contributed by atoms with E-state index in [2.05, 4.69) is 9.89 Å². The zero-order chi connectivity index (χ0) is 38.6. The van der Waals surface area contributed by atoms with Crippen molar-refractivity contribution in [2.45, 2.75) is 98.7 Å². The number of rotatable bonds is 13. The Morgan fingerprint density at radius 3 is 2.30 bits per heavy atom. The van der Waals surface area contributed by atoms with Gasteiger partial charge in [0.05, 0.1) is 14.8 Å². The number of nitrogens with zero attached hydrogens (tertiary/aromatic N) is 4. The molecule has 286 valence electrons. The highest BCUT2D eigenvalue weighted by molar-refractivity contribution is 8.14. The molecule has 3 heterocycles. The number of hydrogen-bond donors (Lipinski definition) is 1. The summed E-state index contributed by atoms with van der Waals surface area (Å²) in [5.74, 6) is -1.70. The minimum absolute atomic E-state index is 0.0286. The Labute approximate surface area is 315 Å². The Bertz CT molecular complexity index is 2050. The van der Waals surface area contributed by atoms with Crippen LogP contribution >= 0.6 is 11.8 Å². The van der Waals surface area contributed by atoms with Crippen LogP contribution in [0.3, 0.4) is 0 Å². The number of piperidine rings is 1. The number of amides is 2. The van der Waals surface area contributed by atoms with E-state index in [-0.39, 0.29) is 29.1 Å². The van der Waals surface area contributed by atoms with Gasteiger partial charge in [-0.1, -0.05) is 50.6 Å². The smallest absolute Gasteiger partial charge is 0.333 e. The summed E-state index contributed by atoms with van der Waals surface area (Å²) in [6.45, 7) is 7.43. The van der Waals surface area contributed by atoms with E-state index < -0.39 is 43.3 Å². The first-order chi connectivity index (χ1) is 25.0. The van der Waals surface area contributed by atoms with Gasteiger partial charge in [0.25, 0.3) is 21.9 Å². The number of carbonyl (C=O) groups excluding carboxylic acids is 3. The lowest BCUT2D eigenvalue weighted by molar-refractivity contribution is -0.197. The van der Waals surface area contributed by atoms with E-state index in [1.54, 1.807) is 29.6 Å². The Morgan fingerprint density at radius 2 is 1.64 bits per heavy atom. The van der Waals surface area contributed by atoms with Crippen molar-refractivity contribution in [1.29, 1.82) is 0 Å². The molecule has 0 spiro atoms. The summed E-state index contributed by atoms with van der Waals surface area (Å²) in [7, 11) is -6.39. The number of imide groups is 1. The predicted molar refractivity (Wildman–Crippen MR) is 203 cm³/mol. The second kappa shape index (κ2) is 16.7. The molecule has 3 aliphatic heterocycles. The number of thioether (sulfide) groups is 1. The van der Waals surface area contributed by atoms with Gasteiger partial charge in [-0.2, -0.15) is 12.7 Å². The van der Waals surface area contributed by atoms with Crippen LogP contribution in [0, 0.1) is 6.92 Å². The average molecular weight is 787 g/mol. The van der Waals surface area contributed by atoms with Gasteiger partial charge < -0.3 is 9.74 Å². The largest absolute Gasteiger partial charge is 0.344 e. The molecule has 53 heavy (non-hydrogen) atoms. The number of anilines is 1. The van der Waals surface area contributed by atoms with Crippen molar-refractivity contribution in [3.63, 3.8) is 0 Å². The number of aryl methyl sites for hydroxylation is 1. The second-order valence-corrected chi connectivity index (χ2v) is 18.2. The van der Waals surface area contributed by atoms with Crippen molar-refractivity contribution < 1.29 is 40.6 Å². The Morgan fingerprint density at radius 1 is 0.962 bits per heavy atom. The van der Waals surface area contributed by atoms with Gasteiger partial charge in [-0.25, -0.2) is 13.2 Å². The third kappa shape index (κ3) is 9.28. The monoisotopic (exact) mass is 786 g/mol. The first-order valence-electron chi connectivity index (χ1n) is 17.6. The molecule has 3 aliphatic rings. The number of carbonyl (C=O) groups is 3. The molecule has 5 rings (SSSR count). The number of fused-ring (bicyclic) bond motifs is 1. The first kappa shape index (κ1) is 40.4. The normalized spacial score (nSPS) is 19.1. The molecule has 16 heteroatoms. The highest BCUT2D eigenvalue weighted by atomic mass is 32.2. The molecule has 0 unspecified atom stereocenters. The molecule has 2 fully saturated rings. The summed E-state index contributed by atoms with van der Waals surface area (Å²) in [4.78, 5) is 48.1. The maximum Gasteiger partial charge on any atom is 0.333 e. The average Bonchev–Trinajstić information content (AvgIpc) is 3.54. The lowest BCUT2D eigenvalue weighted by Gasteiger charge is -2.27. The highest BCUT2D eigenvalue weighted by Gasteiger charge is 2.40. The molecule has 13 nitrogen and oxygen atoms in total. The fourth-order valence-corrected chi connectivity index (χ4v) is 9.67. The van der Waals surface area contributed by atoms with Gasteiger partial charge >= 0.3 is 5.97 Å². The molecule has 0 aromatic heterocycles. The molecule has 1 N–H and O–H groups in total. The van der Waals surface area contributed by atoms with Crippen LogP contribution in [0.25, 0.3) is 0 Å². The molecule has 0 saturated carbocycles. The van der Waals surface area contributed by atoms with Crippen LogP contribution in [-0.4, -0.2) is 80.3 Å². The minimum Gasteiger partial charge on any atom is -0.344 e. The fourth-order valence-electron chi connectivity index (χ4n) is 6.67. The molecule has 0 atom stereocenters. The Balaban J connectivity index is 1.31. The number of sulfonamides is 1. The molecule has 2 amide bonds. The van der Waals surface area contributed by atoms with Gasteiger partial charge in [-0.3, -0.25) is 19.1 Å². The van der Waals surface area contributed by atoms with Crippen LogP contribution in [-0.2, 0) is 44.8 Å². The van der Waals surface area contributed by atoms with E-state index in [1.165, 1.54) is 23.9 Å². The minimum atomic E-state index is -4.44. The topological polar surface area (TPSA) is 171 Å².